The third-order valence-electron chi connectivity index (χ3n) is 3.42. The molecule has 0 radical (unpaired) electrons. The van der Waals surface area contributed by atoms with Crippen molar-refractivity contribution >= 4 is 16.9 Å². The molecule has 1 saturated heterocycles. The van der Waals surface area contributed by atoms with E-state index in [2.05, 4.69) is 24.8 Å². The molecule has 2 aromatic heterocycles. The molecule has 1 aliphatic rings. The highest BCUT2D eigenvalue weighted by Crippen LogP contribution is 2.24. The highest BCUT2D eigenvalue weighted by molar-refractivity contribution is 5.86. The Kier molecular flexibility index (Phi) is 2.48. The second-order valence-electron chi connectivity index (χ2n) is 4.46. The van der Waals surface area contributed by atoms with E-state index in [9.17, 15) is 0 Å². The van der Waals surface area contributed by atoms with E-state index < -0.39 is 0 Å². The molecule has 1 N–H and O–H groups in total. The fraction of sp³-hybridized carbons (Fsp3) is 0.500. The molecule has 0 atom stereocenters. The average molecular weight is 231 g/mol. The molecule has 0 aromatic carbocycles. The first kappa shape index (κ1) is 10.5. The van der Waals surface area contributed by atoms with Gasteiger partial charge in [0.25, 0.3) is 0 Å². The van der Waals surface area contributed by atoms with Gasteiger partial charge in [-0.25, -0.2) is 9.97 Å². The zero-order valence-electron chi connectivity index (χ0n) is 10.3. The van der Waals surface area contributed by atoms with Gasteiger partial charge in [0, 0.05) is 39.4 Å². The zero-order chi connectivity index (χ0) is 11.8. The molecule has 0 saturated carbocycles. The number of hydrogen-bond donors (Lipinski definition) is 1. The van der Waals surface area contributed by atoms with Crippen LogP contribution in [0, 0.1) is 6.92 Å². The van der Waals surface area contributed by atoms with Gasteiger partial charge in [0.1, 0.15) is 11.3 Å². The Morgan fingerprint density at radius 2 is 2.06 bits per heavy atom. The van der Waals surface area contributed by atoms with E-state index in [0.717, 1.165) is 48.9 Å². The lowest BCUT2D eigenvalue weighted by Gasteiger charge is -2.28. The summed E-state index contributed by atoms with van der Waals surface area (Å²) in [6, 6.07) is 2.03. The minimum Gasteiger partial charge on any atom is -0.352 e. The van der Waals surface area contributed by atoms with E-state index in [1.54, 1.807) is 0 Å². The SMILES string of the molecule is Cc1nc2c(N3CCNCC3)nccc2n1C. The molecule has 3 rings (SSSR count). The molecule has 0 bridgehead atoms. The van der Waals surface area contributed by atoms with Gasteiger partial charge in [-0.1, -0.05) is 0 Å². The topological polar surface area (TPSA) is 46.0 Å². The van der Waals surface area contributed by atoms with Gasteiger partial charge in [0.15, 0.2) is 5.82 Å². The first-order valence-electron chi connectivity index (χ1n) is 6.01. The second-order valence-corrected chi connectivity index (χ2v) is 4.46. The lowest BCUT2D eigenvalue weighted by molar-refractivity contribution is 0.586. The molecule has 0 spiro atoms. The first-order valence-corrected chi connectivity index (χ1v) is 6.01. The third kappa shape index (κ3) is 1.67. The van der Waals surface area contributed by atoms with Crippen LogP contribution in [-0.4, -0.2) is 40.7 Å². The average Bonchev–Trinajstić information content (AvgIpc) is 2.67. The second kappa shape index (κ2) is 4.00. The summed E-state index contributed by atoms with van der Waals surface area (Å²) in [4.78, 5) is 11.4. The molecule has 17 heavy (non-hydrogen) atoms. The number of nitrogens with one attached hydrogen (secondary N) is 1. The monoisotopic (exact) mass is 231 g/mol. The molecule has 1 fully saturated rings. The van der Waals surface area contributed by atoms with E-state index in [-0.39, 0.29) is 0 Å². The van der Waals surface area contributed by atoms with Crippen LogP contribution in [0.2, 0.25) is 0 Å². The Hall–Kier alpha value is -1.62. The van der Waals surface area contributed by atoms with Crippen LogP contribution in [0.4, 0.5) is 5.82 Å². The normalized spacial score (nSPS) is 16.7. The molecule has 1 aliphatic heterocycles. The van der Waals surface area contributed by atoms with Crippen LogP contribution in [0.5, 0.6) is 0 Å². The standard InChI is InChI=1S/C12H17N5/c1-9-15-11-10(16(9)2)3-4-14-12(11)17-7-5-13-6-8-17/h3-4,13H,5-8H2,1-2H3. The van der Waals surface area contributed by atoms with Crippen LogP contribution in [0.25, 0.3) is 11.0 Å². The number of nitrogens with zero attached hydrogens (tertiary/aromatic N) is 4. The fourth-order valence-electron chi connectivity index (χ4n) is 2.33. The number of imidazole rings is 1. The van der Waals surface area contributed by atoms with Gasteiger partial charge in [-0.15, -0.1) is 0 Å². The van der Waals surface area contributed by atoms with Crippen LogP contribution >= 0.6 is 0 Å². The summed E-state index contributed by atoms with van der Waals surface area (Å²) >= 11 is 0. The van der Waals surface area contributed by atoms with Gasteiger partial charge in [0.05, 0.1) is 5.52 Å². The van der Waals surface area contributed by atoms with Crippen LogP contribution in [0.1, 0.15) is 5.82 Å². The number of aryl methyl sites for hydroxylation is 2. The minimum atomic E-state index is 1.00. The van der Waals surface area contributed by atoms with Gasteiger partial charge in [-0.3, -0.25) is 0 Å². The summed E-state index contributed by atoms with van der Waals surface area (Å²) in [6.07, 6.45) is 1.88. The Morgan fingerprint density at radius 3 is 2.82 bits per heavy atom. The highest BCUT2D eigenvalue weighted by Gasteiger charge is 2.17. The van der Waals surface area contributed by atoms with E-state index in [0.29, 0.717) is 0 Å². The maximum Gasteiger partial charge on any atom is 0.156 e. The smallest absolute Gasteiger partial charge is 0.156 e. The van der Waals surface area contributed by atoms with Crippen LogP contribution in [-0.2, 0) is 7.05 Å². The molecule has 5 heteroatoms. The maximum atomic E-state index is 4.63. The number of pyridine rings is 1. The number of anilines is 1. The number of piperazine rings is 1. The maximum absolute atomic E-state index is 4.63. The van der Waals surface area contributed by atoms with E-state index in [1.165, 1.54) is 0 Å². The Morgan fingerprint density at radius 1 is 1.29 bits per heavy atom. The molecular formula is C12H17N5. The first-order chi connectivity index (χ1) is 8.27. The van der Waals surface area contributed by atoms with Crippen molar-refractivity contribution in [3.63, 3.8) is 0 Å². The van der Waals surface area contributed by atoms with Gasteiger partial charge >= 0.3 is 0 Å². The van der Waals surface area contributed by atoms with Crippen molar-refractivity contribution in [2.24, 2.45) is 7.05 Å². The van der Waals surface area contributed by atoms with Crippen molar-refractivity contribution in [1.82, 2.24) is 19.9 Å². The van der Waals surface area contributed by atoms with Crippen LogP contribution in [0.3, 0.4) is 0 Å². The molecule has 3 heterocycles. The highest BCUT2D eigenvalue weighted by atomic mass is 15.2. The summed E-state index contributed by atoms with van der Waals surface area (Å²) in [7, 11) is 2.05. The van der Waals surface area contributed by atoms with E-state index >= 15 is 0 Å². The molecule has 0 aliphatic carbocycles. The number of fused-ring (bicyclic) bond motifs is 1. The summed E-state index contributed by atoms with van der Waals surface area (Å²) in [6.45, 7) is 6.07. The summed E-state index contributed by atoms with van der Waals surface area (Å²) < 4.78 is 2.11. The van der Waals surface area contributed by atoms with Crippen molar-refractivity contribution < 1.29 is 0 Å². The predicted octanol–water partition coefficient (Wildman–Crippen LogP) is 0.686. The Bertz CT molecular complexity index is 539. The molecule has 5 nitrogen and oxygen atoms in total. The quantitative estimate of drug-likeness (QED) is 0.784. The van der Waals surface area contributed by atoms with Crippen molar-refractivity contribution in [2.75, 3.05) is 31.1 Å². The van der Waals surface area contributed by atoms with E-state index in [4.69, 9.17) is 0 Å². The predicted molar refractivity (Wildman–Crippen MR) is 68.3 cm³/mol. The number of hydrogen-bond acceptors (Lipinski definition) is 4. The van der Waals surface area contributed by atoms with Crippen molar-refractivity contribution in [3.8, 4) is 0 Å². The van der Waals surface area contributed by atoms with Crippen molar-refractivity contribution in [3.05, 3.63) is 18.1 Å². The number of aromatic nitrogens is 3. The van der Waals surface area contributed by atoms with Gasteiger partial charge in [0.2, 0.25) is 0 Å². The van der Waals surface area contributed by atoms with Crippen molar-refractivity contribution in [2.45, 2.75) is 6.92 Å². The summed E-state index contributed by atoms with van der Waals surface area (Å²) in [5.41, 5.74) is 2.18. The summed E-state index contributed by atoms with van der Waals surface area (Å²) in [5.74, 6) is 2.05. The van der Waals surface area contributed by atoms with Gasteiger partial charge in [-0.2, -0.15) is 0 Å². The molecular weight excluding hydrogens is 214 g/mol. The number of rotatable bonds is 1. The van der Waals surface area contributed by atoms with Gasteiger partial charge in [-0.05, 0) is 13.0 Å². The van der Waals surface area contributed by atoms with Crippen LogP contribution < -0.4 is 10.2 Å². The lowest BCUT2D eigenvalue weighted by Crippen LogP contribution is -2.44. The van der Waals surface area contributed by atoms with Gasteiger partial charge < -0.3 is 14.8 Å². The molecule has 0 unspecified atom stereocenters. The van der Waals surface area contributed by atoms with E-state index in [1.807, 2.05) is 26.2 Å². The Labute approximate surface area is 100 Å². The van der Waals surface area contributed by atoms with Crippen molar-refractivity contribution in [1.29, 1.82) is 0 Å². The largest absolute Gasteiger partial charge is 0.352 e. The lowest BCUT2D eigenvalue weighted by atomic mass is 10.3. The summed E-state index contributed by atoms with van der Waals surface area (Å²) in [5, 5.41) is 3.35. The fourth-order valence-corrected chi connectivity index (χ4v) is 2.33. The molecule has 0 amide bonds. The van der Waals surface area contributed by atoms with Crippen LogP contribution in [0.15, 0.2) is 12.3 Å². The molecule has 90 valence electrons. The Balaban J connectivity index is 2.12. The zero-order valence-corrected chi connectivity index (χ0v) is 10.3. The third-order valence-corrected chi connectivity index (χ3v) is 3.42. The molecule has 2 aromatic rings. The minimum absolute atomic E-state index is 1.00.